The van der Waals surface area contributed by atoms with Gasteiger partial charge >= 0.3 is 24.5 Å². The molecule has 2 saturated heterocycles. The number of hydrogen-bond acceptors (Lipinski definition) is 12. The number of hydrogen-bond donors (Lipinski definition) is 4. The van der Waals surface area contributed by atoms with Gasteiger partial charge in [-0.05, 0) is 93.5 Å². The minimum atomic E-state index is -4.60. The first-order valence-electron chi connectivity index (χ1n) is 25.0. The van der Waals surface area contributed by atoms with E-state index < -0.39 is 47.1 Å². The van der Waals surface area contributed by atoms with Crippen LogP contribution >= 0.6 is 0 Å². The maximum absolute atomic E-state index is 14.1. The van der Waals surface area contributed by atoms with Gasteiger partial charge in [0.2, 0.25) is 5.95 Å². The summed E-state index contributed by atoms with van der Waals surface area (Å²) < 4.78 is 88.7. The zero-order valence-electron chi connectivity index (χ0n) is 43.5. The fraction of sp³-hybridized carbons (Fsp3) is 0.426. The number of amides is 4. The Kier molecular flexibility index (Phi) is 17.7. The SMILES string of the molecule is CCN1CCN(Cc2ccc(N)cc2C(F)(F)F)CC1.CCN1CCN(Cc2ccc(NC(=O)Nc3cccc(C#Cc4cnc(N)nc4-c4cc5c(n4C)CCN(C(=O)OC(C)(C)C)C5=O)c3)cc2C(F)(F)F)CC1. The largest absolute Gasteiger partial charge is 0.443 e. The summed E-state index contributed by atoms with van der Waals surface area (Å²) in [5.74, 6) is 5.60. The molecule has 2 fully saturated rings. The summed E-state index contributed by atoms with van der Waals surface area (Å²) in [5, 5.41) is 5.17. The van der Waals surface area contributed by atoms with Gasteiger partial charge < -0.3 is 41.2 Å². The van der Waals surface area contributed by atoms with E-state index in [0.29, 0.717) is 71.1 Å². The predicted octanol–water partition coefficient (Wildman–Crippen LogP) is 8.62. The molecule has 3 aliphatic rings. The molecule has 0 aliphatic carbocycles. The van der Waals surface area contributed by atoms with E-state index in [-0.39, 0.29) is 36.0 Å². The lowest BCUT2D eigenvalue weighted by Crippen LogP contribution is -2.45. The van der Waals surface area contributed by atoms with Gasteiger partial charge in [0.05, 0.1) is 27.9 Å². The number of nitrogens with two attached hydrogens (primary N) is 2. The number of benzene rings is 3. The van der Waals surface area contributed by atoms with Crippen molar-refractivity contribution in [3.8, 4) is 23.2 Å². The van der Waals surface area contributed by atoms with E-state index in [9.17, 15) is 40.7 Å². The van der Waals surface area contributed by atoms with E-state index in [1.165, 1.54) is 30.5 Å². The van der Waals surface area contributed by atoms with Crippen molar-refractivity contribution < 1.29 is 45.5 Å². The van der Waals surface area contributed by atoms with E-state index in [4.69, 9.17) is 16.2 Å². The first-order valence-corrected chi connectivity index (χ1v) is 25.0. The summed E-state index contributed by atoms with van der Waals surface area (Å²) in [5.41, 5.74) is 13.1. The van der Waals surface area contributed by atoms with Gasteiger partial charge in [0, 0.05) is 120 Å². The number of anilines is 4. The highest BCUT2D eigenvalue weighted by atomic mass is 19.4. The Morgan fingerprint density at radius 1 is 0.711 bits per heavy atom. The average molecular weight is 1060 g/mol. The highest BCUT2D eigenvalue weighted by Gasteiger charge is 2.37. The smallest absolute Gasteiger partial charge is 0.417 e. The van der Waals surface area contributed by atoms with E-state index in [1.807, 2.05) is 9.47 Å². The first kappa shape index (κ1) is 56.5. The summed E-state index contributed by atoms with van der Waals surface area (Å²) >= 11 is 0. The topological polar surface area (TPSA) is 183 Å². The molecule has 76 heavy (non-hydrogen) atoms. The number of nitrogens with zero attached hydrogens (tertiary/aromatic N) is 8. The molecule has 0 bridgehead atoms. The maximum atomic E-state index is 14.1. The molecule has 3 aliphatic heterocycles. The van der Waals surface area contributed by atoms with Gasteiger partial charge in [-0.3, -0.25) is 14.6 Å². The third-order valence-corrected chi connectivity index (χ3v) is 13.3. The molecular formula is C54H64F6N12O4. The number of fused-ring (bicyclic) bond motifs is 1. The summed E-state index contributed by atoms with van der Waals surface area (Å²) in [4.78, 5) is 57.4. The minimum absolute atomic E-state index is 0.00260. The maximum Gasteiger partial charge on any atom is 0.417 e. The lowest BCUT2D eigenvalue weighted by Gasteiger charge is -2.34. The molecule has 8 rings (SSSR count). The Balaban J connectivity index is 0.000000351. The monoisotopic (exact) mass is 1060 g/mol. The second-order valence-corrected chi connectivity index (χ2v) is 19.7. The van der Waals surface area contributed by atoms with E-state index >= 15 is 0 Å². The summed E-state index contributed by atoms with van der Waals surface area (Å²) in [6, 6.07) is 15.4. The number of carbonyl (C=O) groups excluding carboxylic acids is 3. The molecule has 22 heteroatoms. The minimum Gasteiger partial charge on any atom is -0.443 e. The number of urea groups is 1. The number of likely N-dealkylation sites (N-methyl/N-ethyl adjacent to an activating group) is 2. The van der Waals surface area contributed by atoms with Crippen molar-refractivity contribution in [3.63, 3.8) is 0 Å². The van der Waals surface area contributed by atoms with Crippen molar-refractivity contribution in [1.82, 2.24) is 39.0 Å². The van der Waals surface area contributed by atoms with Gasteiger partial charge in [-0.2, -0.15) is 26.3 Å². The normalized spacial score (nSPS) is 16.0. The van der Waals surface area contributed by atoms with E-state index in [1.54, 1.807) is 58.2 Å². The number of carbonyl (C=O) groups is 3. The number of nitrogen functional groups attached to an aromatic ring is 2. The lowest BCUT2D eigenvalue weighted by molar-refractivity contribution is -0.139. The molecule has 16 nitrogen and oxygen atoms in total. The number of imide groups is 1. The van der Waals surface area contributed by atoms with Crippen LogP contribution in [-0.4, -0.2) is 135 Å². The van der Waals surface area contributed by atoms with Crippen LogP contribution in [0.1, 0.15) is 84.1 Å². The number of aromatic nitrogens is 3. The van der Waals surface area contributed by atoms with Crippen LogP contribution < -0.4 is 22.1 Å². The van der Waals surface area contributed by atoms with Crippen LogP contribution in [0.25, 0.3) is 11.4 Å². The van der Waals surface area contributed by atoms with Crippen LogP contribution in [0.4, 0.5) is 58.9 Å². The number of piperazine rings is 2. The molecule has 0 saturated carbocycles. The Bertz CT molecular complexity index is 2960. The number of rotatable bonds is 9. The number of ether oxygens (including phenoxy) is 1. The number of nitrogens with one attached hydrogen (secondary N) is 2. The van der Waals surface area contributed by atoms with Crippen LogP contribution in [0.2, 0.25) is 0 Å². The Morgan fingerprint density at radius 2 is 1.26 bits per heavy atom. The Morgan fingerprint density at radius 3 is 1.83 bits per heavy atom. The Hall–Kier alpha value is -7.19. The standard InChI is InChI=1S/C40H44F3N9O4.C14H20F3N3/c1-6-50-16-18-51(19-17-50)24-27-12-13-29(21-31(27)40(41,42)43)47-37(54)46-28-9-7-8-25(20-28)10-11-26-23-45-36(44)48-34(26)33-22-30-32(49(33)5)14-15-52(35(30)53)38(55)56-39(2,3)4;1-2-19-5-7-20(8-6-19)10-11-3-4-12(18)9-13(11)14(15,16)17/h7-9,12-13,20-23H,6,14-19,24H2,1-5H3,(H2,44,45,48)(H2,46,47,54);3-4,9H,2,5-8,10,18H2,1H3. The average Bonchev–Trinajstić information content (AvgIpc) is 3.74. The summed E-state index contributed by atoms with van der Waals surface area (Å²) in [6.45, 7) is 18.3. The summed E-state index contributed by atoms with van der Waals surface area (Å²) in [7, 11) is 1.79. The third-order valence-electron chi connectivity index (χ3n) is 13.3. The van der Waals surface area contributed by atoms with Crippen LogP contribution in [0.15, 0.2) is 72.9 Å². The highest BCUT2D eigenvalue weighted by molar-refractivity contribution is 6.05. The molecule has 0 atom stereocenters. The van der Waals surface area contributed by atoms with Crippen LogP contribution in [0.3, 0.4) is 0 Å². The lowest BCUT2D eigenvalue weighted by atomic mass is 10.0. The number of halogens is 6. The van der Waals surface area contributed by atoms with Crippen LogP contribution in [0.5, 0.6) is 0 Å². The molecule has 0 unspecified atom stereocenters. The first-order chi connectivity index (χ1) is 35.9. The molecule has 0 radical (unpaired) electrons. The van der Waals surface area contributed by atoms with Gasteiger partial charge in [-0.15, -0.1) is 0 Å². The fourth-order valence-corrected chi connectivity index (χ4v) is 9.16. The highest BCUT2D eigenvalue weighted by Crippen LogP contribution is 2.36. The molecule has 6 N–H and O–H groups in total. The predicted molar refractivity (Wildman–Crippen MR) is 279 cm³/mol. The molecule has 5 aromatic rings. The second kappa shape index (κ2) is 23.8. The fourth-order valence-electron chi connectivity index (χ4n) is 9.16. The summed E-state index contributed by atoms with van der Waals surface area (Å²) in [6.07, 6.45) is -7.80. The van der Waals surface area contributed by atoms with Crippen molar-refractivity contribution in [2.45, 2.75) is 72.1 Å². The molecular weight excluding hydrogens is 995 g/mol. The van der Waals surface area contributed by atoms with Gasteiger partial charge in [-0.1, -0.05) is 43.9 Å². The molecule has 406 valence electrons. The van der Waals surface area contributed by atoms with Crippen molar-refractivity contribution in [2.75, 3.05) is 94.1 Å². The Labute approximate surface area is 438 Å². The van der Waals surface area contributed by atoms with Gasteiger partial charge in [0.1, 0.15) is 11.3 Å². The third kappa shape index (κ3) is 14.6. The zero-order valence-corrected chi connectivity index (χ0v) is 43.5. The van der Waals surface area contributed by atoms with Crippen LogP contribution in [0, 0.1) is 11.8 Å². The van der Waals surface area contributed by atoms with Crippen molar-refractivity contribution in [1.29, 1.82) is 0 Å². The quantitative estimate of drug-likeness (QED) is 0.0628. The zero-order chi connectivity index (χ0) is 55.1. The van der Waals surface area contributed by atoms with Crippen LogP contribution in [-0.2, 0) is 43.6 Å². The van der Waals surface area contributed by atoms with Gasteiger partial charge in [0.25, 0.3) is 5.91 Å². The molecule has 3 aromatic carbocycles. The van der Waals surface area contributed by atoms with Gasteiger partial charge in [-0.25, -0.2) is 24.5 Å². The van der Waals surface area contributed by atoms with Crippen molar-refractivity contribution >= 4 is 41.0 Å². The molecule has 2 aromatic heterocycles. The van der Waals surface area contributed by atoms with E-state index in [2.05, 4.69) is 61.0 Å². The van der Waals surface area contributed by atoms with Crippen molar-refractivity contribution in [3.05, 3.63) is 118 Å². The van der Waals surface area contributed by atoms with Gasteiger partial charge in [0.15, 0.2) is 0 Å². The second-order valence-electron chi connectivity index (χ2n) is 19.7. The molecule has 0 spiro atoms. The molecule has 4 amide bonds. The van der Waals surface area contributed by atoms with Crippen molar-refractivity contribution in [2.24, 2.45) is 7.05 Å². The van der Waals surface area contributed by atoms with E-state index in [0.717, 1.165) is 69.4 Å². The number of alkyl halides is 6. The molecule has 5 heterocycles.